The Morgan fingerprint density at radius 1 is 1.12 bits per heavy atom. The summed E-state index contributed by atoms with van der Waals surface area (Å²) in [6.07, 6.45) is 5.19. The van der Waals surface area contributed by atoms with Crippen molar-refractivity contribution >= 4 is 0 Å². The van der Waals surface area contributed by atoms with Crippen molar-refractivity contribution in [2.24, 2.45) is 5.92 Å². The van der Waals surface area contributed by atoms with Gasteiger partial charge in [-0.2, -0.15) is 0 Å². The third-order valence-corrected chi connectivity index (χ3v) is 3.73. The molecule has 0 aliphatic heterocycles. The molecule has 0 saturated carbocycles. The monoisotopic (exact) mass is 229 g/mol. The van der Waals surface area contributed by atoms with Crippen molar-refractivity contribution in [3.63, 3.8) is 0 Å². The highest BCUT2D eigenvalue weighted by molar-refractivity contribution is 4.73. The molecule has 2 nitrogen and oxygen atoms in total. The zero-order valence-corrected chi connectivity index (χ0v) is 11.7. The Bertz CT molecular complexity index is 164. The van der Waals surface area contributed by atoms with Crippen LogP contribution in [0, 0.1) is 5.92 Å². The van der Waals surface area contributed by atoms with Crippen molar-refractivity contribution in [3.05, 3.63) is 0 Å². The van der Waals surface area contributed by atoms with Crippen LogP contribution in [-0.4, -0.2) is 11.9 Å². The van der Waals surface area contributed by atoms with E-state index in [0.717, 1.165) is 38.5 Å². The van der Waals surface area contributed by atoms with Crippen LogP contribution >= 0.6 is 0 Å². The van der Waals surface area contributed by atoms with E-state index in [-0.39, 0.29) is 11.5 Å². The molecule has 97 valence electrons. The molecule has 0 N–H and O–H groups in total. The van der Waals surface area contributed by atoms with Crippen molar-refractivity contribution in [2.75, 3.05) is 0 Å². The molecule has 0 aromatic carbocycles. The number of hydrogen-bond donors (Lipinski definition) is 0. The third kappa shape index (κ3) is 5.31. The van der Waals surface area contributed by atoms with E-state index in [1.54, 1.807) is 0 Å². The lowest BCUT2D eigenvalue weighted by molar-refractivity contribution is -0.234. The molecule has 2 heteroatoms. The van der Waals surface area contributed by atoms with Gasteiger partial charge in [-0.3, -0.25) is 0 Å². The second-order valence-electron chi connectivity index (χ2n) is 4.95. The van der Waals surface area contributed by atoms with Gasteiger partial charge in [0.1, 0.15) is 0 Å². The van der Waals surface area contributed by atoms with Crippen LogP contribution in [0.5, 0.6) is 0 Å². The van der Waals surface area contributed by atoms with Crippen LogP contribution in [0.25, 0.3) is 0 Å². The van der Waals surface area contributed by atoms with Crippen LogP contribution in [0.1, 0.15) is 73.1 Å². The second kappa shape index (κ2) is 8.08. The molecule has 0 aliphatic rings. The molecular formula is C14H29O2. The second-order valence-corrected chi connectivity index (χ2v) is 4.95. The zero-order valence-electron chi connectivity index (χ0n) is 11.7. The lowest BCUT2D eigenvalue weighted by atomic mass is 9.96. The van der Waals surface area contributed by atoms with Gasteiger partial charge in [0.05, 0.1) is 5.60 Å². The maximum absolute atomic E-state index is 12.1. The average molecular weight is 229 g/mol. The van der Waals surface area contributed by atoms with E-state index in [9.17, 15) is 5.11 Å². The van der Waals surface area contributed by atoms with Gasteiger partial charge in [0.2, 0.25) is 0 Å². The van der Waals surface area contributed by atoms with E-state index in [2.05, 4.69) is 27.7 Å². The van der Waals surface area contributed by atoms with Gasteiger partial charge < -0.3 is 4.74 Å². The van der Waals surface area contributed by atoms with Gasteiger partial charge in [0.15, 0.2) is 6.29 Å². The van der Waals surface area contributed by atoms with Crippen LogP contribution in [0.2, 0.25) is 0 Å². The van der Waals surface area contributed by atoms with Crippen LogP contribution < -0.4 is 0 Å². The molecule has 0 aliphatic carbocycles. The van der Waals surface area contributed by atoms with Gasteiger partial charge in [0.25, 0.3) is 0 Å². The summed E-state index contributed by atoms with van der Waals surface area (Å²) in [4.78, 5) is 0. The Labute approximate surface area is 101 Å². The van der Waals surface area contributed by atoms with Crippen molar-refractivity contribution in [1.29, 1.82) is 0 Å². The maximum atomic E-state index is 12.1. The Morgan fingerprint density at radius 3 is 2.06 bits per heavy atom. The van der Waals surface area contributed by atoms with Crippen LogP contribution in [0.4, 0.5) is 0 Å². The molecule has 16 heavy (non-hydrogen) atoms. The fourth-order valence-electron chi connectivity index (χ4n) is 1.79. The summed E-state index contributed by atoms with van der Waals surface area (Å²) in [5.41, 5.74) is -0.230. The molecule has 2 unspecified atom stereocenters. The number of rotatable bonds is 9. The standard InChI is InChI=1S/C14H29O2/c1-6-10-11-12(7-2)13(15)16-14(5,8-3)9-4/h12-13H,6-11H2,1-5H3. The minimum atomic E-state index is -0.846. The molecule has 0 spiro atoms. The Morgan fingerprint density at radius 2 is 1.69 bits per heavy atom. The van der Waals surface area contributed by atoms with Crippen molar-refractivity contribution in [3.8, 4) is 0 Å². The maximum Gasteiger partial charge on any atom is 0.194 e. The topological polar surface area (TPSA) is 29.1 Å². The van der Waals surface area contributed by atoms with Gasteiger partial charge >= 0.3 is 0 Å². The molecule has 0 aromatic rings. The van der Waals surface area contributed by atoms with Crippen LogP contribution in [0.15, 0.2) is 0 Å². The van der Waals surface area contributed by atoms with Crippen LogP contribution in [-0.2, 0) is 9.84 Å². The van der Waals surface area contributed by atoms with Gasteiger partial charge in [-0.1, -0.05) is 40.5 Å². The highest BCUT2D eigenvalue weighted by Gasteiger charge is 2.29. The molecule has 0 aromatic heterocycles. The van der Waals surface area contributed by atoms with E-state index >= 15 is 0 Å². The smallest absolute Gasteiger partial charge is 0.194 e. The lowest BCUT2D eigenvalue weighted by Gasteiger charge is -2.32. The predicted molar refractivity (Wildman–Crippen MR) is 67.9 cm³/mol. The Kier molecular flexibility index (Phi) is 8.04. The van der Waals surface area contributed by atoms with E-state index in [1.807, 2.05) is 6.92 Å². The molecule has 2 atom stereocenters. The van der Waals surface area contributed by atoms with E-state index in [1.165, 1.54) is 0 Å². The molecule has 0 bridgehead atoms. The normalized spacial score (nSPS) is 16.1. The summed E-state index contributed by atoms with van der Waals surface area (Å²) in [7, 11) is 0. The predicted octanol–water partition coefficient (Wildman–Crippen LogP) is 4.55. The summed E-state index contributed by atoms with van der Waals surface area (Å²) in [6.45, 7) is 10.5. The average Bonchev–Trinajstić information content (AvgIpc) is 2.29. The molecular weight excluding hydrogens is 200 g/mol. The SMILES string of the molecule is CCCCC(CC)C([O])OC(C)(CC)CC. The van der Waals surface area contributed by atoms with E-state index in [0.29, 0.717) is 0 Å². The van der Waals surface area contributed by atoms with Gasteiger partial charge in [-0.15, -0.1) is 0 Å². The summed E-state index contributed by atoms with van der Waals surface area (Å²) >= 11 is 0. The third-order valence-electron chi connectivity index (χ3n) is 3.73. The minimum Gasteiger partial charge on any atom is -0.343 e. The first-order valence-corrected chi connectivity index (χ1v) is 6.86. The Balaban J connectivity index is 4.23. The van der Waals surface area contributed by atoms with E-state index < -0.39 is 6.29 Å². The molecule has 0 amide bonds. The Hall–Kier alpha value is -0.0800. The van der Waals surface area contributed by atoms with Crippen LogP contribution in [0.3, 0.4) is 0 Å². The first-order valence-electron chi connectivity index (χ1n) is 6.86. The molecule has 0 heterocycles. The van der Waals surface area contributed by atoms with Gasteiger partial charge in [-0.05, 0) is 32.6 Å². The summed E-state index contributed by atoms with van der Waals surface area (Å²) < 4.78 is 5.73. The summed E-state index contributed by atoms with van der Waals surface area (Å²) in [5.74, 6) is 0.178. The van der Waals surface area contributed by atoms with E-state index in [4.69, 9.17) is 4.74 Å². The molecule has 1 radical (unpaired) electrons. The number of unbranched alkanes of at least 4 members (excludes halogenated alkanes) is 1. The number of hydrogen-bond acceptors (Lipinski definition) is 1. The van der Waals surface area contributed by atoms with Gasteiger partial charge in [-0.25, -0.2) is 5.11 Å². The molecule has 0 fully saturated rings. The van der Waals surface area contributed by atoms with Crippen molar-refractivity contribution < 1.29 is 9.84 Å². The minimum absolute atomic E-state index is 0.178. The molecule has 0 saturated heterocycles. The highest BCUT2D eigenvalue weighted by atomic mass is 16.6. The fourth-order valence-corrected chi connectivity index (χ4v) is 1.79. The largest absolute Gasteiger partial charge is 0.343 e. The van der Waals surface area contributed by atoms with Crippen molar-refractivity contribution in [1.82, 2.24) is 0 Å². The first kappa shape index (κ1) is 15.9. The summed E-state index contributed by atoms with van der Waals surface area (Å²) in [5, 5.41) is 12.1. The fraction of sp³-hybridized carbons (Fsp3) is 1.00. The zero-order chi connectivity index (χ0) is 12.6. The quantitative estimate of drug-likeness (QED) is 0.533. The highest BCUT2D eigenvalue weighted by Crippen LogP contribution is 2.26. The van der Waals surface area contributed by atoms with Gasteiger partial charge in [0, 0.05) is 5.92 Å². The van der Waals surface area contributed by atoms with Crippen molar-refractivity contribution in [2.45, 2.75) is 85.0 Å². The lowest BCUT2D eigenvalue weighted by Crippen LogP contribution is -2.35. The molecule has 0 rings (SSSR count). The number of ether oxygens (including phenoxy) is 1. The first-order chi connectivity index (χ1) is 7.52. The summed E-state index contributed by atoms with van der Waals surface area (Å²) in [6, 6.07) is 0.